The van der Waals surface area contributed by atoms with E-state index in [0.717, 1.165) is 21.9 Å². The highest BCUT2D eigenvalue weighted by atomic mass is 32.2. The third-order valence-corrected chi connectivity index (χ3v) is 7.65. The van der Waals surface area contributed by atoms with Crippen LogP contribution < -0.4 is 0 Å². The molecule has 0 saturated heterocycles. The molecule has 3 aromatic rings. The molecule has 0 aromatic heterocycles. The zero-order valence-electron chi connectivity index (χ0n) is 17.7. The van der Waals surface area contributed by atoms with Crippen LogP contribution in [0, 0.1) is 5.92 Å². The second kappa shape index (κ2) is 7.72. The molecule has 3 aromatic carbocycles. The molecule has 3 aliphatic rings. The van der Waals surface area contributed by atoms with Crippen LogP contribution >= 0.6 is 0 Å². The van der Waals surface area contributed by atoms with Crippen LogP contribution in [0.5, 0.6) is 0 Å². The number of halogens is 5. The Bertz CT molecular complexity index is 1450. The Morgan fingerprint density at radius 1 is 0.886 bits per heavy atom. The molecule has 0 amide bonds. The van der Waals surface area contributed by atoms with Crippen LogP contribution in [0.25, 0.3) is 10.8 Å². The number of alkyl halides is 5. The molecule has 0 spiro atoms. The number of benzene rings is 3. The summed E-state index contributed by atoms with van der Waals surface area (Å²) in [7, 11) is -6.52. The molecule has 2 bridgehead atoms. The molecule has 35 heavy (non-hydrogen) atoms. The summed E-state index contributed by atoms with van der Waals surface area (Å²) in [5.41, 5.74) is 3.09. The Morgan fingerprint density at radius 3 is 2.00 bits per heavy atom. The molecule has 4 unspecified atom stereocenters. The van der Waals surface area contributed by atoms with E-state index in [4.69, 9.17) is 4.55 Å². The van der Waals surface area contributed by atoms with Gasteiger partial charge in [0.05, 0.1) is 5.92 Å². The first kappa shape index (κ1) is 23.7. The van der Waals surface area contributed by atoms with Crippen LogP contribution in [0.15, 0.2) is 60.7 Å². The summed E-state index contributed by atoms with van der Waals surface area (Å²) in [6, 6.07) is 18.2. The van der Waals surface area contributed by atoms with Crippen molar-refractivity contribution in [3.05, 3.63) is 82.9 Å². The summed E-state index contributed by atoms with van der Waals surface area (Å²) in [4.78, 5) is 13.0. The van der Waals surface area contributed by atoms with E-state index in [1.165, 1.54) is 0 Å². The predicted molar refractivity (Wildman–Crippen MR) is 115 cm³/mol. The van der Waals surface area contributed by atoms with Gasteiger partial charge in [0.1, 0.15) is 0 Å². The van der Waals surface area contributed by atoms with Crippen LogP contribution in [0.3, 0.4) is 0 Å². The number of carbonyl (C=O) groups is 1. The molecule has 0 fully saturated rings. The van der Waals surface area contributed by atoms with Gasteiger partial charge in [-0.05, 0) is 39.4 Å². The maximum absolute atomic E-state index is 14.0. The molecule has 0 radical (unpaired) electrons. The normalized spacial score (nSPS) is 22.4. The average Bonchev–Trinajstić information content (AvgIpc) is 2.79. The Balaban J connectivity index is 1.59. The molecule has 184 valence electrons. The number of hydrogen-bond acceptors (Lipinski definition) is 4. The second-order valence-corrected chi connectivity index (χ2v) is 10.2. The van der Waals surface area contributed by atoms with Crippen molar-refractivity contribution < 1.29 is 44.5 Å². The zero-order valence-corrected chi connectivity index (χ0v) is 18.5. The van der Waals surface area contributed by atoms with E-state index < -0.39 is 51.4 Å². The average molecular weight is 512 g/mol. The van der Waals surface area contributed by atoms with Gasteiger partial charge in [0.15, 0.2) is 0 Å². The summed E-state index contributed by atoms with van der Waals surface area (Å²) in [5.74, 6) is -4.07. The first-order valence-corrected chi connectivity index (χ1v) is 12.0. The highest BCUT2D eigenvalue weighted by Crippen LogP contribution is 2.56. The summed E-state index contributed by atoms with van der Waals surface area (Å²) in [6.45, 7) is 0. The van der Waals surface area contributed by atoms with Gasteiger partial charge in [-0.2, -0.15) is 30.4 Å². The standard InChI is InChI=1S/C24H17F5O5S/c25-23(26,27)22(24(28,29)35(31,32)33)34-21(30)19-11-17-14-7-3-4-8-15(14)20(19)18-10-13-6-2-1-5-12(13)9-16(17)18/h1-10,17,19-20,22H,11H2,(H,31,32,33). The quantitative estimate of drug-likeness (QED) is 0.288. The van der Waals surface area contributed by atoms with E-state index in [9.17, 15) is 35.2 Å². The molecule has 1 N–H and O–H groups in total. The van der Waals surface area contributed by atoms with Crippen molar-refractivity contribution in [2.24, 2.45) is 5.92 Å². The molecule has 11 heteroatoms. The van der Waals surface area contributed by atoms with Gasteiger partial charge in [0.25, 0.3) is 6.10 Å². The van der Waals surface area contributed by atoms with Gasteiger partial charge >= 0.3 is 27.5 Å². The monoisotopic (exact) mass is 512 g/mol. The number of carbonyl (C=O) groups excluding carboxylic acids is 1. The van der Waals surface area contributed by atoms with Crippen LogP contribution in [-0.2, 0) is 19.6 Å². The first-order chi connectivity index (χ1) is 16.3. The molecular formula is C24H17F5O5S. The molecule has 5 nitrogen and oxygen atoms in total. The molecule has 4 atom stereocenters. The highest BCUT2D eigenvalue weighted by molar-refractivity contribution is 7.86. The number of ether oxygens (including phenoxy) is 1. The lowest BCUT2D eigenvalue weighted by Crippen LogP contribution is -2.53. The van der Waals surface area contributed by atoms with Crippen molar-refractivity contribution in [2.75, 3.05) is 0 Å². The van der Waals surface area contributed by atoms with Gasteiger partial charge in [-0.3, -0.25) is 9.35 Å². The van der Waals surface area contributed by atoms with Gasteiger partial charge in [-0.15, -0.1) is 0 Å². The number of rotatable bonds is 4. The van der Waals surface area contributed by atoms with Crippen molar-refractivity contribution in [1.82, 2.24) is 0 Å². The lowest BCUT2D eigenvalue weighted by molar-refractivity contribution is -0.261. The highest BCUT2D eigenvalue weighted by Gasteiger charge is 2.66. The van der Waals surface area contributed by atoms with Crippen LogP contribution in [0.4, 0.5) is 22.0 Å². The van der Waals surface area contributed by atoms with Crippen LogP contribution in [0.2, 0.25) is 0 Å². The van der Waals surface area contributed by atoms with Crippen LogP contribution in [-0.4, -0.2) is 36.5 Å². The predicted octanol–water partition coefficient (Wildman–Crippen LogP) is 5.39. The Kier molecular flexibility index (Phi) is 5.23. The minimum absolute atomic E-state index is 0.00607. The first-order valence-electron chi connectivity index (χ1n) is 10.5. The molecule has 6 rings (SSSR count). The van der Waals surface area contributed by atoms with Gasteiger partial charge in [-0.1, -0.05) is 60.7 Å². The Hall–Kier alpha value is -3.05. The van der Waals surface area contributed by atoms with E-state index in [-0.39, 0.29) is 6.42 Å². The summed E-state index contributed by atoms with van der Waals surface area (Å²) < 4.78 is 103. The SMILES string of the molecule is O=C(OC(C(F)(F)F)C(F)(F)S(=O)(=O)O)C1CC2c3ccccc3C1c1cc3ccccc3cc12. The van der Waals surface area contributed by atoms with Crippen molar-refractivity contribution in [2.45, 2.75) is 35.8 Å². The topological polar surface area (TPSA) is 80.7 Å². The fourth-order valence-electron chi connectivity index (χ4n) is 5.27. The van der Waals surface area contributed by atoms with E-state index >= 15 is 0 Å². The van der Waals surface area contributed by atoms with Crippen molar-refractivity contribution in [3.63, 3.8) is 0 Å². The largest absolute Gasteiger partial charge is 0.444 e. The molecule has 0 heterocycles. The van der Waals surface area contributed by atoms with E-state index in [1.54, 1.807) is 24.3 Å². The van der Waals surface area contributed by atoms with E-state index in [2.05, 4.69) is 4.74 Å². The number of hydrogen-bond donors (Lipinski definition) is 1. The summed E-state index contributed by atoms with van der Waals surface area (Å²) in [5, 5.41) is -4.02. The molecule has 0 aliphatic heterocycles. The second-order valence-electron chi connectivity index (χ2n) is 8.73. The minimum Gasteiger partial charge on any atom is -0.444 e. The number of fused-ring (bicyclic) bond motifs is 2. The van der Waals surface area contributed by atoms with Crippen LogP contribution in [0.1, 0.15) is 40.5 Å². The maximum Gasteiger partial charge on any atom is 0.432 e. The van der Waals surface area contributed by atoms with Crippen molar-refractivity contribution >= 4 is 26.9 Å². The smallest absolute Gasteiger partial charge is 0.432 e. The minimum atomic E-state index is -6.52. The lowest BCUT2D eigenvalue weighted by Gasteiger charge is -2.45. The van der Waals surface area contributed by atoms with E-state index in [1.807, 2.05) is 36.4 Å². The fourth-order valence-corrected chi connectivity index (χ4v) is 5.72. The Morgan fingerprint density at radius 2 is 1.43 bits per heavy atom. The third-order valence-electron chi connectivity index (χ3n) is 6.74. The van der Waals surface area contributed by atoms with Gasteiger partial charge in [0.2, 0.25) is 0 Å². The summed E-state index contributed by atoms with van der Waals surface area (Å²) >= 11 is 0. The maximum atomic E-state index is 14.0. The summed E-state index contributed by atoms with van der Waals surface area (Å²) in [6.07, 6.45) is -10.3. The fraction of sp³-hybridized carbons (Fsp3) is 0.292. The third kappa shape index (κ3) is 3.68. The van der Waals surface area contributed by atoms with E-state index in [0.29, 0.717) is 11.1 Å². The molecular weight excluding hydrogens is 495 g/mol. The Labute approximate surface area is 196 Å². The van der Waals surface area contributed by atoms with Crippen molar-refractivity contribution in [3.8, 4) is 0 Å². The molecule has 0 saturated carbocycles. The van der Waals surface area contributed by atoms with Gasteiger partial charge < -0.3 is 4.74 Å². The van der Waals surface area contributed by atoms with Gasteiger partial charge in [0, 0.05) is 11.8 Å². The molecule has 3 aliphatic carbocycles. The number of esters is 1. The zero-order chi connectivity index (χ0) is 25.3. The van der Waals surface area contributed by atoms with Gasteiger partial charge in [-0.25, -0.2) is 0 Å². The van der Waals surface area contributed by atoms with Crippen molar-refractivity contribution in [1.29, 1.82) is 0 Å². The lowest BCUT2D eigenvalue weighted by atomic mass is 9.59.